The predicted molar refractivity (Wildman–Crippen MR) is 142 cm³/mol. The van der Waals surface area contributed by atoms with Crippen molar-refractivity contribution >= 4 is 47.1 Å². The standard InChI is InChI=1S/C26H31Cl2N3O7/c1-15(23(34)30-13-22(32)33)31(25(36)38-26(2,3)4)24(35)21(29)12-16-8-10-17(11-9-16)37-14-18-19(27)6-5-7-20(18)28/h5-11,15,21H,12-14,29H2,1-4H3,(H,30,34)(H,32,33)/t15-,21+/m1/s1. The molecule has 0 aliphatic heterocycles. The molecule has 2 atom stereocenters. The van der Waals surface area contributed by atoms with Gasteiger partial charge in [0.2, 0.25) is 11.8 Å². The number of amides is 3. The Balaban J connectivity index is 2.12. The Morgan fingerprint density at radius 2 is 1.63 bits per heavy atom. The number of carboxylic acid groups (broad SMARTS) is 1. The van der Waals surface area contributed by atoms with Gasteiger partial charge in [-0.05, 0) is 63.9 Å². The first kappa shape index (κ1) is 30.9. The van der Waals surface area contributed by atoms with Gasteiger partial charge in [-0.1, -0.05) is 41.4 Å². The molecule has 0 saturated carbocycles. The van der Waals surface area contributed by atoms with E-state index in [1.165, 1.54) is 6.92 Å². The fraction of sp³-hybridized carbons (Fsp3) is 0.385. The highest BCUT2D eigenvalue weighted by Gasteiger charge is 2.37. The molecular weight excluding hydrogens is 537 g/mol. The maximum absolute atomic E-state index is 13.2. The molecule has 4 N–H and O–H groups in total. The molecular formula is C26H31Cl2N3O7. The van der Waals surface area contributed by atoms with Crippen molar-refractivity contribution in [3.63, 3.8) is 0 Å². The molecule has 0 saturated heterocycles. The molecule has 3 amide bonds. The number of nitrogens with two attached hydrogens (primary N) is 1. The van der Waals surface area contributed by atoms with Gasteiger partial charge in [0, 0.05) is 15.6 Å². The summed E-state index contributed by atoms with van der Waals surface area (Å²) >= 11 is 12.3. The summed E-state index contributed by atoms with van der Waals surface area (Å²) in [4.78, 5) is 49.9. The predicted octanol–water partition coefficient (Wildman–Crippen LogP) is 3.80. The van der Waals surface area contributed by atoms with E-state index < -0.39 is 48.1 Å². The highest BCUT2D eigenvalue weighted by atomic mass is 35.5. The Morgan fingerprint density at radius 1 is 1.05 bits per heavy atom. The molecule has 0 radical (unpaired) electrons. The topological polar surface area (TPSA) is 148 Å². The number of carboxylic acids is 1. The van der Waals surface area contributed by atoms with Crippen LogP contribution in [0.5, 0.6) is 5.75 Å². The Kier molecular flexibility index (Phi) is 10.9. The molecule has 2 rings (SSSR count). The zero-order chi connectivity index (χ0) is 28.6. The summed E-state index contributed by atoms with van der Waals surface area (Å²) in [6.45, 7) is 5.57. The van der Waals surface area contributed by atoms with Crippen LogP contribution in [0.15, 0.2) is 42.5 Å². The van der Waals surface area contributed by atoms with Crippen molar-refractivity contribution in [2.24, 2.45) is 5.73 Å². The van der Waals surface area contributed by atoms with E-state index in [4.69, 9.17) is 43.5 Å². The zero-order valence-electron chi connectivity index (χ0n) is 21.5. The molecule has 0 spiro atoms. The summed E-state index contributed by atoms with van der Waals surface area (Å²) in [5.74, 6) is -2.45. The Bertz CT molecular complexity index is 1150. The summed E-state index contributed by atoms with van der Waals surface area (Å²) in [6.07, 6.45) is -1.03. The third-order valence-electron chi connectivity index (χ3n) is 5.15. The van der Waals surface area contributed by atoms with Crippen LogP contribution >= 0.6 is 23.2 Å². The lowest BCUT2D eigenvalue weighted by atomic mass is 10.0. The minimum absolute atomic E-state index is 0.0399. The van der Waals surface area contributed by atoms with E-state index in [0.717, 1.165) is 0 Å². The van der Waals surface area contributed by atoms with Gasteiger partial charge in [-0.2, -0.15) is 0 Å². The molecule has 0 unspecified atom stereocenters. The number of nitrogens with zero attached hydrogens (tertiary/aromatic N) is 1. The van der Waals surface area contributed by atoms with Gasteiger partial charge < -0.3 is 25.6 Å². The fourth-order valence-corrected chi connectivity index (χ4v) is 3.75. The second-order valence-electron chi connectivity index (χ2n) is 9.42. The lowest BCUT2D eigenvalue weighted by Crippen LogP contribution is -2.57. The van der Waals surface area contributed by atoms with Crippen LogP contribution in [0.25, 0.3) is 0 Å². The molecule has 2 aromatic rings. The number of benzene rings is 2. The van der Waals surface area contributed by atoms with Gasteiger partial charge in [0.25, 0.3) is 0 Å². The lowest BCUT2D eigenvalue weighted by molar-refractivity contribution is -0.141. The minimum atomic E-state index is -1.37. The minimum Gasteiger partial charge on any atom is -0.489 e. The van der Waals surface area contributed by atoms with E-state index in [0.29, 0.717) is 31.8 Å². The van der Waals surface area contributed by atoms with Crippen LogP contribution in [-0.4, -0.2) is 58.1 Å². The van der Waals surface area contributed by atoms with E-state index >= 15 is 0 Å². The number of hydrogen-bond acceptors (Lipinski definition) is 7. The first-order chi connectivity index (χ1) is 17.7. The monoisotopic (exact) mass is 567 g/mol. The van der Waals surface area contributed by atoms with E-state index in [1.807, 2.05) is 0 Å². The number of ether oxygens (including phenoxy) is 2. The highest BCUT2D eigenvalue weighted by molar-refractivity contribution is 6.35. The molecule has 0 heterocycles. The maximum atomic E-state index is 13.2. The third-order valence-corrected chi connectivity index (χ3v) is 5.86. The van der Waals surface area contributed by atoms with Crippen LogP contribution in [0.4, 0.5) is 4.79 Å². The first-order valence-corrected chi connectivity index (χ1v) is 12.4. The average Bonchev–Trinajstić information content (AvgIpc) is 2.82. The zero-order valence-corrected chi connectivity index (χ0v) is 23.0. The Labute approximate surface area is 231 Å². The molecule has 10 nitrogen and oxygen atoms in total. The van der Waals surface area contributed by atoms with E-state index in [2.05, 4.69) is 5.32 Å². The van der Waals surface area contributed by atoms with E-state index in [-0.39, 0.29) is 13.0 Å². The molecule has 12 heteroatoms. The molecule has 38 heavy (non-hydrogen) atoms. The van der Waals surface area contributed by atoms with Crippen molar-refractivity contribution in [3.8, 4) is 5.75 Å². The largest absolute Gasteiger partial charge is 0.489 e. The number of carbonyl (C=O) groups is 4. The summed E-state index contributed by atoms with van der Waals surface area (Å²) in [6, 6.07) is 9.38. The second kappa shape index (κ2) is 13.5. The lowest BCUT2D eigenvalue weighted by Gasteiger charge is -2.31. The SMILES string of the molecule is C[C@H](C(=O)NCC(=O)O)N(C(=O)OC(C)(C)C)C(=O)[C@@H](N)Cc1ccc(OCc2c(Cl)cccc2Cl)cc1. The Morgan fingerprint density at radius 3 is 2.16 bits per heavy atom. The molecule has 2 aromatic carbocycles. The van der Waals surface area contributed by atoms with Crippen molar-refractivity contribution in [3.05, 3.63) is 63.6 Å². The fourth-order valence-electron chi connectivity index (χ4n) is 3.25. The molecule has 0 aliphatic carbocycles. The summed E-state index contributed by atoms with van der Waals surface area (Å²) < 4.78 is 11.0. The van der Waals surface area contributed by atoms with Gasteiger partial charge in [0.1, 0.15) is 30.5 Å². The van der Waals surface area contributed by atoms with Gasteiger partial charge in [0.15, 0.2) is 0 Å². The number of nitrogens with one attached hydrogen (secondary N) is 1. The van der Waals surface area contributed by atoms with Crippen LogP contribution in [0.3, 0.4) is 0 Å². The van der Waals surface area contributed by atoms with Crippen LogP contribution in [0, 0.1) is 0 Å². The van der Waals surface area contributed by atoms with Crippen molar-refractivity contribution < 1.29 is 33.8 Å². The summed E-state index contributed by atoms with van der Waals surface area (Å²) in [5, 5.41) is 11.9. The van der Waals surface area contributed by atoms with Crippen LogP contribution in [0.1, 0.15) is 38.8 Å². The number of halogens is 2. The van der Waals surface area contributed by atoms with Gasteiger partial charge in [-0.3, -0.25) is 14.4 Å². The van der Waals surface area contributed by atoms with Crippen molar-refractivity contribution in [2.45, 2.75) is 58.4 Å². The molecule has 206 valence electrons. The molecule has 0 aliphatic rings. The number of imide groups is 1. The maximum Gasteiger partial charge on any atom is 0.417 e. The second-order valence-corrected chi connectivity index (χ2v) is 10.2. The van der Waals surface area contributed by atoms with E-state index in [1.54, 1.807) is 63.2 Å². The molecule has 0 aromatic heterocycles. The van der Waals surface area contributed by atoms with Gasteiger partial charge >= 0.3 is 12.1 Å². The quantitative estimate of drug-likeness (QED) is 0.392. The van der Waals surface area contributed by atoms with Crippen LogP contribution in [-0.2, 0) is 32.1 Å². The normalized spacial score (nSPS) is 12.7. The van der Waals surface area contributed by atoms with Crippen molar-refractivity contribution in [2.75, 3.05) is 6.54 Å². The smallest absolute Gasteiger partial charge is 0.417 e. The van der Waals surface area contributed by atoms with Gasteiger partial charge in [0.05, 0.1) is 6.04 Å². The van der Waals surface area contributed by atoms with E-state index in [9.17, 15) is 19.2 Å². The number of hydrogen-bond donors (Lipinski definition) is 3. The van der Waals surface area contributed by atoms with Crippen LogP contribution in [0.2, 0.25) is 10.0 Å². The van der Waals surface area contributed by atoms with Gasteiger partial charge in [-0.15, -0.1) is 0 Å². The average molecular weight is 568 g/mol. The van der Waals surface area contributed by atoms with Gasteiger partial charge in [-0.25, -0.2) is 9.69 Å². The summed E-state index contributed by atoms with van der Waals surface area (Å²) in [5.41, 5.74) is 6.49. The number of carbonyl (C=O) groups excluding carboxylic acids is 3. The first-order valence-electron chi connectivity index (χ1n) is 11.7. The number of rotatable bonds is 10. The highest BCUT2D eigenvalue weighted by Crippen LogP contribution is 2.26. The number of aliphatic carboxylic acids is 1. The molecule has 0 fully saturated rings. The Hall–Kier alpha value is -3.34. The van der Waals surface area contributed by atoms with Crippen molar-refractivity contribution in [1.82, 2.24) is 10.2 Å². The molecule has 0 bridgehead atoms. The summed E-state index contributed by atoms with van der Waals surface area (Å²) in [7, 11) is 0. The third kappa shape index (κ3) is 9.20. The van der Waals surface area contributed by atoms with Crippen LogP contribution < -0.4 is 15.8 Å². The van der Waals surface area contributed by atoms with Crippen molar-refractivity contribution in [1.29, 1.82) is 0 Å².